The molecule has 0 spiro atoms. The molecule has 0 atom stereocenters. The van der Waals surface area contributed by atoms with Crippen LogP contribution in [0.1, 0.15) is 24.1 Å². The highest BCUT2D eigenvalue weighted by atomic mass is 79.9. The molecule has 0 aliphatic carbocycles. The van der Waals surface area contributed by atoms with Gasteiger partial charge < -0.3 is 10.1 Å². The van der Waals surface area contributed by atoms with E-state index in [9.17, 15) is 4.79 Å². The Morgan fingerprint density at radius 1 is 1.14 bits per heavy atom. The van der Waals surface area contributed by atoms with E-state index in [-0.39, 0.29) is 5.91 Å². The van der Waals surface area contributed by atoms with Gasteiger partial charge in [-0.15, -0.1) is 0 Å². The van der Waals surface area contributed by atoms with Crippen LogP contribution >= 0.6 is 15.9 Å². The smallest absolute Gasteiger partial charge is 0.236 e. The van der Waals surface area contributed by atoms with Crippen LogP contribution in [0.5, 0.6) is 0 Å². The average molecular weight is 441 g/mol. The molecular weight excluding hydrogens is 420 g/mol. The van der Waals surface area contributed by atoms with Crippen LogP contribution in [0.2, 0.25) is 0 Å². The Balaban J connectivity index is 1.53. The fourth-order valence-electron chi connectivity index (χ4n) is 3.55. The molecule has 0 unspecified atom stereocenters. The SMILES string of the molecule is O=C(Nc1ccn(Cc2ccccn2)n1)C1(c2ccc(Br)cc2)CCOCC1. The summed E-state index contributed by atoms with van der Waals surface area (Å²) in [6, 6.07) is 15.6. The number of anilines is 1. The second-order valence-corrected chi connectivity index (χ2v) is 7.79. The number of nitrogens with one attached hydrogen (secondary N) is 1. The van der Waals surface area contributed by atoms with Gasteiger partial charge >= 0.3 is 0 Å². The summed E-state index contributed by atoms with van der Waals surface area (Å²) >= 11 is 3.46. The zero-order chi connectivity index (χ0) is 19.4. The number of rotatable bonds is 5. The molecule has 0 saturated carbocycles. The molecule has 144 valence electrons. The molecule has 0 radical (unpaired) electrons. The van der Waals surface area contributed by atoms with Crippen LogP contribution in [0.15, 0.2) is 65.4 Å². The van der Waals surface area contributed by atoms with Gasteiger partial charge in [0.1, 0.15) is 0 Å². The lowest BCUT2D eigenvalue weighted by Gasteiger charge is -2.36. The van der Waals surface area contributed by atoms with E-state index in [1.807, 2.05) is 54.7 Å². The summed E-state index contributed by atoms with van der Waals surface area (Å²) in [6.07, 6.45) is 4.90. The number of hydrogen-bond donors (Lipinski definition) is 1. The van der Waals surface area contributed by atoms with Crippen molar-refractivity contribution >= 4 is 27.7 Å². The molecule has 3 heterocycles. The van der Waals surface area contributed by atoms with E-state index >= 15 is 0 Å². The molecule has 0 bridgehead atoms. The van der Waals surface area contributed by atoms with Gasteiger partial charge in [0.15, 0.2) is 5.82 Å². The molecule has 1 N–H and O–H groups in total. The van der Waals surface area contributed by atoms with Crippen molar-refractivity contribution in [2.45, 2.75) is 24.8 Å². The molecule has 1 aromatic carbocycles. The van der Waals surface area contributed by atoms with Crippen LogP contribution in [-0.4, -0.2) is 33.9 Å². The molecule has 1 aliphatic heterocycles. The van der Waals surface area contributed by atoms with Gasteiger partial charge in [0.05, 0.1) is 17.7 Å². The molecule has 2 aromatic heterocycles. The third-order valence-corrected chi connectivity index (χ3v) is 5.64. The molecule has 1 amide bonds. The number of ether oxygens (including phenoxy) is 1. The van der Waals surface area contributed by atoms with Crippen molar-refractivity contribution in [3.63, 3.8) is 0 Å². The Morgan fingerprint density at radius 3 is 2.64 bits per heavy atom. The number of hydrogen-bond acceptors (Lipinski definition) is 4. The van der Waals surface area contributed by atoms with Crippen LogP contribution in [0.4, 0.5) is 5.82 Å². The molecule has 4 rings (SSSR count). The van der Waals surface area contributed by atoms with Gasteiger partial charge in [-0.05, 0) is 42.7 Å². The van der Waals surface area contributed by atoms with Crippen LogP contribution < -0.4 is 5.32 Å². The Kier molecular flexibility index (Phi) is 5.54. The second-order valence-electron chi connectivity index (χ2n) is 6.88. The quantitative estimate of drug-likeness (QED) is 0.655. The summed E-state index contributed by atoms with van der Waals surface area (Å²) in [5.74, 6) is 0.505. The predicted octanol–water partition coefficient (Wildman–Crippen LogP) is 3.78. The Labute approximate surface area is 172 Å². The standard InChI is InChI=1S/C21H21BrN4O2/c22-17-6-4-16(5-7-17)21(9-13-28-14-10-21)20(27)24-19-8-12-26(25-19)15-18-3-1-2-11-23-18/h1-8,11-12H,9-10,13-15H2,(H,24,25,27). The highest BCUT2D eigenvalue weighted by molar-refractivity contribution is 9.10. The zero-order valence-corrected chi connectivity index (χ0v) is 16.9. The first kappa shape index (κ1) is 18.8. The number of halogens is 1. The zero-order valence-electron chi connectivity index (χ0n) is 15.3. The monoisotopic (exact) mass is 440 g/mol. The maximum atomic E-state index is 13.3. The molecule has 7 heteroatoms. The second kappa shape index (κ2) is 8.24. The van der Waals surface area contributed by atoms with Gasteiger partial charge in [0.25, 0.3) is 0 Å². The number of aromatic nitrogens is 3. The number of nitrogens with zero attached hydrogens (tertiary/aromatic N) is 3. The molecule has 6 nitrogen and oxygen atoms in total. The van der Waals surface area contributed by atoms with Crippen molar-refractivity contribution in [3.05, 3.63) is 76.7 Å². The largest absolute Gasteiger partial charge is 0.381 e. The Hall–Kier alpha value is -2.51. The van der Waals surface area contributed by atoms with Crippen molar-refractivity contribution in [2.24, 2.45) is 0 Å². The van der Waals surface area contributed by atoms with Gasteiger partial charge in [-0.3, -0.25) is 14.5 Å². The first-order chi connectivity index (χ1) is 13.7. The number of carbonyl (C=O) groups is 1. The summed E-state index contributed by atoms with van der Waals surface area (Å²) in [5.41, 5.74) is 1.31. The van der Waals surface area contributed by atoms with Crippen LogP contribution in [0, 0.1) is 0 Å². The van der Waals surface area contributed by atoms with E-state index in [1.165, 1.54) is 0 Å². The van der Waals surface area contributed by atoms with E-state index in [0.717, 1.165) is 15.7 Å². The van der Waals surface area contributed by atoms with E-state index < -0.39 is 5.41 Å². The average Bonchev–Trinajstić information content (AvgIpc) is 3.16. The Morgan fingerprint density at radius 2 is 1.93 bits per heavy atom. The summed E-state index contributed by atoms with van der Waals surface area (Å²) in [4.78, 5) is 17.6. The fraction of sp³-hybridized carbons (Fsp3) is 0.286. The third-order valence-electron chi connectivity index (χ3n) is 5.11. The minimum Gasteiger partial charge on any atom is -0.381 e. The number of pyridine rings is 1. The summed E-state index contributed by atoms with van der Waals surface area (Å²) in [5, 5.41) is 7.50. The lowest BCUT2D eigenvalue weighted by molar-refractivity contribution is -0.125. The van der Waals surface area contributed by atoms with Crippen molar-refractivity contribution < 1.29 is 9.53 Å². The molecule has 1 aliphatic rings. The van der Waals surface area contributed by atoms with Crippen LogP contribution in [0.3, 0.4) is 0 Å². The van der Waals surface area contributed by atoms with Gasteiger partial charge in [0.2, 0.25) is 5.91 Å². The maximum absolute atomic E-state index is 13.3. The number of carbonyl (C=O) groups excluding carboxylic acids is 1. The summed E-state index contributed by atoms with van der Waals surface area (Å²) < 4.78 is 8.29. The van der Waals surface area contributed by atoms with Gasteiger partial charge in [0, 0.05) is 36.1 Å². The van der Waals surface area contributed by atoms with Crippen LogP contribution in [-0.2, 0) is 21.5 Å². The lowest BCUT2D eigenvalue weighted by Crippen LogP contribution is -2.44. The lowest BCUT2D eigenvalue weighted by atomic mass is 9.73. The molecular formula is C21H21BrN4O2. The number of amides is 1. The number of benzene rings is 1. The van der Waals surface area contributed by atoms with Crippen LogP contribution in [0.25, 0.3) is 0 Å². The van der Waals surface area contributed by atoms with Crippen molar-refractivity contribution in [3.8, 4) is 0 Å². The maximum Gasteiger partial charge on any atom is 0.236 e. The van der Waals surface area contributed by atoms with E-state index in [0.29, 0.717) is 38.4 Å². The molecule has 1 fully saturated rings. The summed E-state index contributed by atoms with van der Waals surface area (Å²) in [7, 11) is 0. The summed E-state index contributed by atoms with van der Waals surface area (Å²) in [6.45, 7) is 1.69. The first-order valence-electron chi connectivity index (χ1n) is 9.24. The molecule has 3 aromatic rings. The minimum atomic E-state index is -0.607. The van der Waals surface area contributed by atoms with Gasteiger partial charge in [-0.2, -0.15) is 5.10 Å². The van der Waals surface area contributed by atoms with Crippen molar-refractivity contribution in [2.75, 3.05) is 18.5 Å². The molecule has 1 saturated heterocycles. The Bertz CT molecular complexity index is 935. The molecule has 28 heavy (non-hydrogen) atoms. The van der Waals surface area contributed by atoms with E-state index in [1.54, 1.807) is 10.9 Å². The van der Waals surface area contributed by atoms with E-state index in [4.69, 9.17) is 4.74 Å². The van der Waals surface area contributed by atoms with Gasteiger partial charge in [-0.25, -0.2) is 0 Å². The van der Waals surface area contributed by atoms with E-state index in [2.05, 4.69) is 31.3 Å². The van der Waals surface area contributed by atoms with Gasteiger partial charge in [-0.1, -0.05) is 34.1 Å². The minimum absolute atomic E-state index is 0.0405. The third kappa shape index (κ3) is 4.00. The fourth-order valence-corrected chi connectivity index (χ4v) is 3.81. The normalized spacial score (nSPS) is 15.9. The topological polar surface area (TPSA) is 69.0 Å². The van der Waals surface area contributed by atoms with Crippen molar-refractivity contribution in [1.82, 2.24) is 14.8 Å². The van der Waals surface area contributed by atoms with Crippen molar-refractivity contribution in [1.29, 1.82) is 0 Å². The highest BCUT2D eigenvalue weighted by Crippen LogP contribution is 2.36. The highest BCUT2D eigenvalue weighted by Gasteiger charge is 2.42. The first-order valence-corrected chi connectivity index (χ1v) is 10.0. The predicted molar refractivity (Wildman–Crippen MR) is 110 cm³/mol.